The van der Waals surface area contributed by atoms with Crippen molar-refractivity contribution < 1.29 is 73.2 Å². The van der Waals surface area contributed by atoms with Crippen molar-refractivity contribution in [3.63, 3.8) is 0 Å². The van der Waals surface area contributed by atoms with Gasteiger partial charge in [0.1, 0.15) is 30.5 Å². The van der Waals surface area contributed by atoms with Crippen molar-refractivity contribution in [3.8, 4) is 0 Å². The van der Waals surface area contributed by atoms with Gasteiger partial charge in [0.2, 0.25) is 52.7 Å². The Morgan fingerprint density at radius 2 is 1.51 bits per heavy atom. The predicted molar refractivity (Wildman–Crippen MR) is 223 cm³/mol. The van der Waals surface area contributed by atoms with Gasteiger partial charge in [0.15, 0.2) is 0 Å². The molecule has 1 fully saturated rings. The van der Waals surface area contributed by atoms with Crippen LogP contribution in [-0.2, 0) is 59.2 Å². The highest BCUT2D eigenvalue weighted by atomic mass is 16.4. The van der Waals surface area contributed by atoms with Crippen LogP contribution in [0, 0.1) is 0 Å². The third-order valence-corrected chi connectivity index (χ3v) is 9.88. The summed E-state index contributed by atoms with van der Waals surface area (Å²) in [6.07, 6.45) is -4.08. The number of aliphatic hydroxyl groups is 3. The molecule has 9 atom stereocenters. The summed E-state index contributed by atoms with van der Waals surface area (Å²) < 4.78 is 0. The van der Waals surface area contributed by atoms with Crippen LogP contribution < -0.4 is 60.0 Å². The van der Waals surface area contributed by atoms with E-state index in [1.807, 2.05) is 0 Å². The van der Waals surface area contributed by atoms with Gasteiger partial charge in [-0.3, -0.25) is 47.9 Å². The maximum absolute atomic E-state index is 14.0. The third-order valence-electron chi connectivity index (χ3n) is 9.88. The van der Waals surface area contributed by atoms with Crippen LogP contribution in [0.2, 0.25) is 0 Å². The molecule has 0 bridgehead atoms. The molecule has 0 radical (unpaired) electrons. The minimum Gasteiger partial charge on any atom is -0.481 e. The van der Waals surface area contributed by atoms with Crippen molar-refractivity contribution in [1.29, 1.82) is 0 Å². The first kappa shape index (κ1) is 55.2. The van der Waals surface area contributed by atoms with E-state index in [1.54, 1.807) is 30.3 Å². The van der Waals surface area contributed by atoms with Crippen LogP contribution in [0.15, 0.2) is 30.3 Å². The van der Waals surface area contributed by atoms with E-state index in [9.17, 15) is 73.2 Å². The van der Waals surface area contributed by atoms with Crippen molar-refractivity contribution >= 4 is 64.9 Å². The number of carboxylic acid groups (broad SMARTS) is 1. The lowest BCUT2D eigenvalue weighted by molar-refractivity contribution is -0.142. The molecular weight excluding hydrogens is 862 g/mol. The zero-order chi connectivity index (χ0) is 48.6. The number of rotatable bonds is 21. The number of aliphatic carboxylic acids is 1. The van der Waals surface area contributed by atoms with E-state index in [-0.39, 0.29) is 38.5 Å². The molecule has 1 aliphatic heterocycles. The summed E-state index contributed by atoms with van der Waals surface area (Å²) in [5.74, 6) is -11.2. The molecule has 5 amide bonds. The summed E-state index contributed by atoms with van der Waals surface area (Å²) in [7, 11) is 0. The van der Waals surface area contributed by atoms with E-state index in [0.29, 0.717) is 5.56 Å². The van der Waals surface area contributed by atoms with E-state index >= 15 is 0 Å². The van der Waals surface area contributed by atoms with Gasteiger partial charge >= 0.3 is 5.97 Å². The van der Waals surface area contributed by atoms with Crippen molar-refractivity contribution in [1.82, 2.24) is 48.5 Å². The number of carboxylic acids is 1. The van der Waals surface area contributed by atoms with Crippen LogP contribution in [-0.4, -0.2) is 160 Å². The fourth-order valence-electron chi connectivity index (χ4n) is 6.16. The second-order valence-corrected chi connectivity index (χ2v) is 15.1. The summed E-state index contributed by atoms with van der Waals surface area (Å²) in [5.41, 5.74) is 25.4. The zero-order valence-corrected chi connectivity index (χ0v) is 35.6. The van der Waals surface area contributed by atoms with Crippen LogP contribution in [0.5, 0.6) is 0 Å². The van der Waals surface area contributed by atoms with Gasteiger partial charge in [-0.05, 0) is 44.6 Å². The Labute approximate surface area is 372 Å². The van der Waals surface area contributed by atoms with Gasteiger partial charge in [-0.2, -0.15) is 0 Å². The smallest absolute Gasteiger partial charge is 0.303 e. The number of aliphatic hydroxyl groups excluding tert-OH is 3. The Morgan fingerprint density at radius 3 is 2.09 bits per heavy atom. The van der Waals surface area contributed by atoms with Gasteiger partial charge in [-0.1, -0.05) is 30.3 Å². The minimum atomic E-state index is -1.91. The molecule has 0 saturated carbocycles. The number of hydrogen-bond donors (Lipinski definition) is 15. The number of benzene rings is 1. The average molecular weight is 922 g/mol. The molecule has 2 rings (SSSR count). The summed E-state index contributed by atoms with van der Waals surface area (Å²) in [4.78, 5) is 141. The van der Waals surface area contributed by atoms with Crippen LogP contribution in [0.1, 0.15) is 63.9 Å². The standard InChI is InChI=1S/C39H59N11O15/c1-20(54)32(36(62)35(61)26(16-29(40)55)48-45-22(17-51)18-52)50-47-23-10-12-30(56)42-14-6-5-9-25(37(41)63)43-38(64)27(15-21-7-3-2-4-8-21)44-39(65)28(19-53)49-46-24(11-13-31(57)58)34(60)33(23)59/h2-4,7-8,17,20,22-28,32,45-50,52-54H,5-6,9-16,18-19H2,1H3,(H2,40,55)(H2,41,63)(H,42,56)(H,43,64)(H,44,65)(H,57,58)/t20-,22-,23?,24+,25?,26+,27+,28+,32+/m1/s1. The molecule has 1 heterocycles. The number of ketones is 4. The molecule has 0 aliphatic carbocycles. The Morgan fingerprint density at radius 1 is 0.846 bits per heavy atom. The van der Waals surface area contributed by atoms with Gasteiger partial charge in [-0.15, -0.1) is 0 Å². The van der Waals surface area contributed by atoms with E-state index < -0.39 is 158 Å². The summed E-state index contributed by atoms with van der Waals surface area (Å²) in [6, 6.07) is -4.18. The first-order chi connectivity index (χ1) is 30.8. The second-order valence-electron chi connectivity index (χ2n) is 15.1. The number of primary amides is 2. The molecule has 17 N–H and O–H groups in total. The number of hydrazine groups is 3. The van der Waals surface area contributed by atoms with Gasteiger partial charge in [-0.25, -0.2) is 32.6 Å². The number of nitrogens with two attached hydrogens (primary N) is 2. The number of aldehydes is 1. The summed E-state index contributed by atoms with van der Waals surface area (Å²) in [5, 5.41) is 47.1. The molecule has 26 nitrogen and oxygen atoms in total. The largest absolute Gasteiger partial charge is 0.481 e. The van der Waals surface area contributed by atoms with Gasteiger partial charge in [0, 0.05) is 25.8 Å². The first-order valence-corrected chi connectivity index (χ1v) is 20.6. The average Bonchev–Trinajstić information content (AvgIpc) is 3.26. The Hall–Kier alpha value is -5.97. The quantitative estimate of drug-likeness (QED) is 0.0309. The minimum absolute atomic E-state index is 0.0309. The van der Waals surface area contributed by atoms with Crippen molar-refractivity contribution in [3.05, 3.63) is 35.9 Å². The van der Waals surface area contributed by atoms with E-state index in [4.69, 9.17) is 11.5 Å². The molecule has 65 heavy (non-hydrogen) atoms. The molecule has 2 unspecified atom stereocenters. The number of nitrogens with one attached hydrogen (secondary N) is 9. The van der Waals surface area contributed by atoms with Gasteiger partial charge < -0.3 is 52.6 Å². The molecule has 1 saturated heterocycles. The lowest BCUT2D eigenvalue weighted by Crippen LogP contribution is -2.63. The number of hydrogen-bond acceptors (Lipinski definition) is 20. The van der Waals surface area contributed by atoms with Crippen molar-refractivity contribution in [2.45, 2.75) is 119 Å². The Bertz CT molecular complexity index is 1840. The zero-order valence-electron chi connectivity index (χ0n) is 35.6. The molecule has 0 aromatic heterocycles. The number of carbonyl (C=O) groups is 11. The highest BCUT2D eigenvalue weighted by Crippen LogP contribution is 2.10. The SMILES string of the molecule is C[C@@H](O)[C@H](NNC1CCC(=O)NCCCCC(C(N)=O)NC(=O)[C@H](Cc2ccccc2)NC(=O)[C@H](CO)NN[C@@H](CCC(=O)O)C(=O)C1=O)C(=O)C(=O)[C@H](CC(N)=O)NN[C@H](C=O)CO. The highest BCUT2D eigenvalue weighted by molar-refractivity contribution is 6.42. The second kappa shape index (κ2) is 28.7. The van der Waals surface area contributed by atoms with Crippen LogP contribution in [0.3, 0.4) is 0 Å². The summed E-state index contributed by atoms with van der Waals surface area (Å²) in [6.45, 7) is -0.622. The number of carbonyl (C=O) groups excluding carboxylic acids is 10. The first-order valence-electron chi connectivity index (χ1n) is 20.6. The molecule has 0 spiro atoms. The lowest BCUT2D eigenvalue weighted by Gasteiger charge is -2.27. The van der Waals surface area contributed by atoms with Crippen molar-refractivity contribution in [2.24, 2.45) is 11.5 Å². The number of amides is 5. The molecule has 1 aromatic carbocycles. The number of Topliss-reactive ketones (excluding diaryl/α,β-unsaturated/α-hetero) is 4. The highest BCUT2D eigenvalue weighted by Gasteiger charge is 2.38. The molecule has 26 heteroatoms. The molecule has 360 valence electrons. The van der Waals surface area contributed by atoms with Crippen LogP contribution in [0.25, 0.3) is 0 Å². The fraction of sp³-hybridized carbons (Fsp3) is 0.564. The monoisotopic (exact) mass is 921 g/mol. The predicted octanol–water partition coefficient (Wildman–Crippen LogP) is -7.16. The maximum atomic E-state index is 14.0. The molecule has 1 aromatic rings. The Kier molecular flexibility index (Phi) is 24.4. The Balaban J connectivity index is 2.50. The topological polar surface area (TPSA) is 429 Å². The van der Waals surface area contributed by atoms with Crippen LogP contribution >= 0.6 is 0 Å². The summed E-state index contributed by atoms with van der Waals surface area (Å²) >= 11 is 0. The normalized spacial score (nSPS) is 23.0. The van der Waals surface area contributed by atoms with E-state index in [0.717, 1.165) is 6.92 Å². The molecule has 1 aliphatic rings. The fourth-order valence-corrected chi connectivity index (χ4v) is 6.16. The van der Waals surface area contributed by atoms with Crippen molar-refractivity contribution in [2.75, 3.05) is 19.8 Å². The maximum Gasteiger partial charge on any atom is 0.303 e. The van der Waals surface area contributed by atoms with Crippen LogP contribution in [0.4, 0.5) is 0 Å². The van der Waals surface area contributed by atoms with E-state index in [1.165, 1.54) is 0 Å². The van der Waals surface area contributed by atoms with Gasteiger partial charge in [0.05, 0.1) is 49.9 Å². The lowest BCUT2D eigenvalue weighted by atomic mass is 9.96. The third kappa shape index (κ3) is 19.4. The van der Waals surface area contributed by atoms with Gasteiger partial charge in [0.25, 0.3) is 0 Å². The van der Waals surface area contributed by atoms with E-state index in [2.05, 4.69) is 48.5 Å². The molecular formula is C39H59N11O15.